The summed E-state index contributed by atoms with van der Waals surface area (Å²) in [6.07, 6.45) is 5.60. The van der Waals surface area contributed by atoms with Crippen molar-refractivity contribution in [3.8, 4) is 0 Å². The molecule has 0 saturated heterocycles. The first-order valence-corrected chi connectivity index (χ1v) is 6.98. The van der Waals surface area contributed by atoms with Crippen molar-refractivity contribution in [1.82, 2.24) is 14.9 Å². The fourth-order valence-electron chi connectivity index (χ4n) is 2.18. The fourth-order valence-corrected chi connectivity index (χ4v) is 3.12. The predicted octanol–water partition coefficient (Wildman–Crippen LogP) is 2.34. The van der Waals surface area contributed by atoms with E-state index >= 15 is 0 Å². The molecule has 3 heterocycles. The summed E-state index contributed by atoms with van der Waals surface area (Å²) in [5.41, 5.74) is 0. The Labute approximate surface area is 114 Å². The Morgan fingerprint density at radius 3 is 3.22 bits per heavy atom. The maximum Gasteiger partial charge on any atom is 0.261 e. The molecule has 0 bridgehead atoms. The number of carbonyl (C=O) groups is 1. The largest absolute Gasteiger partial charge is 0.347 e. The van der Waals surface area contributed by atoms with E-state index in [2.05, 4.69) is 14.9 Å². The second kappa shape index (κ2) is 4.74. The van der Waals surface area contributed by atoms with Crippen LogP contribution in [0.2, 0.25) is 4.34 Å². The molecule has 18 heavy (non-hydrogen) atoms. The fraction of sp³-hybridized carbons (Fsp3) is 0.333. The van der Waals surface area contributed by atoms with Gasteiger partial charge in [0.15, 0.2) is 0 Å². The predicted molar refractivity (Wildman–Crippen MR) is 71.1 cm³/mol. The van der Waals surface area contributed by atoms with Gasteiger partial charge in [0, 0.05) is 31.4 Å². The summed E-state index contributed by atoms with van der Waals surface area (Å²) in [5, 5.41) is 3.04. The van der Waals surface area contributed by atoms with E-state index in [9.17, 15) is 4.79 Å². The van der Waals surface area contributed by atoms with E-state index in [1.807, 2.05) is 6.20 Å². The van der Waals surface area contributed by atoms with Crippen LogP contribution in [-0.4, -0.2) is 21.5 Å². The van der Waals surface area contributed by atoms with Crippen LogP contribution in [0.1, 0.15) is 21.9 Å². The van der Waals surface area contributed by atoms with Gasteiger partial charge in [-0.2, -0.15) is 0 Å². The molecule has 6 heteroatoms. The third-order valence-electron chi connectivity index (χ3n) is 3.07. The molecule has 0 aliphatic carbocycles. The summed E-state index contributed by atoms with van der Waals surface area (Å²) in [4.78, 5) is 16.9. The van der Waals surface area contributed by atoms with Gasteiger partial charge >= 0.3 is 0 Å². The normalized spacial score (nSPS) is 18.4. The Morgan fingerprint density at radius 1 is 1.56 bits per heavy atom. The van der Waals surface area contributed by atoms with Crippen molar-refractivity contribution in [1.29, 1.82) is 0 Å². The number of thiophene rings is 1. The molecule has 3 rings (SSSR count). The topological polar surface area (TPSA) is 46.9 Å². The summed E-state index contributed by atoms with van der Waals surface area (Å²) in [5.74, 6) is 1.06. The highest BCUT2D eigenvalue weighted by Crippen LogP contribution is 2.22. The van der Waals surface area contributed by atoms with Crippen molar-refractivity contribution in [2.45, 2.75) is 25.4 Å². The molecule has 1 aliphatic heterocycles. The highest BCUT2D eigenvalue weighted by Gasteiger charge is 2.21. The molecular weight excluding hydrogens is 270 g/mol. The van der Waals surface area contributed by atoms with Gasteiger partial charge < -0.3 is 9.88 Å². The maximum atomic E-state index is 12.0. The number of aryl methyl sites for hydroxylation is 1. The van der Waals surface area contributed by atoms with Crippen LogP contribution in [0.4, 0.5) is 0 Å². The van der Waals surface area contributed by atoms with Crippen LogP contribution in [0, 0.1) is 0 Å². The van der Waals surface area contributed by atoms with Crippen molar-refractivity contribution >= 4 is 28.8 Å². The van der Waals surface area contributed by atoms with Gasteiger partial charge in [0.25, 0.3) is 5.91 Å². The lowest BCUT2D eigenvalue weighted by Gasteiger charge is -2.24. The molecule has 0 saturated carbocycles. The molecule has 0 spiro atoms. The maximum absolute atomic E-state index is 12.0. The van der Waals surface area contributed by atoms with Crippen molar-refractivity contribution < 1.29 is 4.79 Å². The van der Waals surface area contributed by atoms with Crippen LogP contribution >= 0.6 is 22.9 Å². The van der Waals surface area contributed by atoms with Crippen molar-refractivity contribution in [2.24, 2.45) is 0 Å². The van der Waals surface area contributed by atoms with Gasteiger partial charge in [-0.25, -0.2) is 4.98 Å². The third kappa shape index (κ3) is 2.28. The molecule has 4 nitrogen and oxygen atoms in total. The van der Waals surface area contributed by atoms with Crippen LogP contribution in [0.25, 0.3) is 0 Å². The number of carbonyl (C=O) groups excluding carboxylic acids is 1. The highest BCUT2D eigenvalue weighted by atomic mass is 35.5. The third-order valence-corrected chi connectivity index (χ3v) is 4.30. The average Bonchev–Trinajstić information content (AvgIpc) is 2.96. The Hall–Kier alpha value is -1.33. The molecule has 1 N–H and O–H groups in total. The number of nitrogens with one attached hydrogen (secondary N) is 1. The van der Waals surface area contributed by atoms with Crippen LogP contribution in [0.3, 0.4) is 0 Å². The van der Waals surface area contributed by atoms with E-state index in [4.69, 9.17) is 11.6 Å². The van der Waals surface area contributed by atoms with Crippen LogP contribution in [0.5, 0.6) is 0 Å². The highest BCUT2D eigenvalue weighted by molar-refractivity contribution is 7.17. The second-order valence-corrected chi connectivity index (χ2v) is 6.02. The second-order valence-electron chi connectivity index (χ2n) is 4.31. The van der Waals surface area contributed by atoms with Gasteiger partial charge in [-0.1, -0.05) is 11.6 Å². The first-order valence-electron chi connectivity index (χ1n) is 5.78. The molecule has 1 unspecified atom stereocenters. The molecule has 0 aromatic carbocycles. The summed E-state index contributed by atoms with van der Waals surface area (Å²) in [6.45, 7) is 0.792. The number of rotatable bonds is 2. The molecule has 2 aromatic rings. The Morgan fingerprint density at radius 2 is 2.44 bits per heavy atom. The minimum absolute atomic E-state index is 0.0412. The lowest BCUT2D eigenvalue weighted by molar-refractivity contribution is 0.0931. The number of hydrogen-bond acceptors (Lipinski definition) is 3. The van der Waals surface area contributed by atoms with Crippen molar-refractivity contribution in [2.75, 3.05) is 0 Å². The van der Waals surface area contributed by atoms with Gasteiger partial charge in [0.1, 0.15) is 5.82 Å². The molecule has 1 amide bonds. The molecule has 2 aromatic heterocycles. The van der Waals surface area contributed by atoms with Crippen LogP contribution in [0.15, 0.2) is 24.5 Å². The van der Waals surface area contributed by atoms with E-state index in [0.717, 1.165) is 25.2 Å². The van der Waals surface area contributed by atoms with E-state index < -0.39 is 0 Å². The van der Waals surface area contributed by atoms with Crippen LogP contribution in [-0.2, 0) is 13.0 Å². The van der Waals surface area contributed by atoms with E-state index in [-0.39, 0.29) is 11.9 Å². The minimum Gasteiger partial charge on any atom is -0.347 e. The standard InChI is InChI=1S/C12H12ClN3OS/c13-10-3-2-9(18-10)12(17)15-8-1-4-11-14-5-6-16(11)7-8/h2-3,5-6,8H,1,4,7H2,(H,15,17). The molecule has 0 radical (unpaired) electrons. The smallest absolute Gasteiger partial charge is 0.261 e. The Balaban J connectivity index is 1.66. The van der Waals surface area contributed by atoms with Gasteiger partial charge in [-0.3, -0.25) is 4.79 Å². The van der Waals surface area contributed by atoms with E-state index in [0.29, 0.717) is 9.21 Å². The summed E-state index contributed by atoms with van der Waals surface area (Å²) in [7, 11) is 0. The molecule has 94 valence electrons. The zero-order valence-electron chi connectivity index (χ0n) is 9.60. The molecule has 1 aliphatic rings. The number of aromatic nitrogens is 2. The molecule has 0 fully saturated rings. The lowest BCUT2D eigenvalue weighted by Crippen LogP contribution is -2.40. The minimum atomic E-state index is -0.0412. The van der Waals surface area contributed by atoms with Crippen molar-refractivity contribution in [3.05, 3.63) is 39.6 Å². The van der Waals surface area contributed by atoms with Gasteiger partial charge in [0.2, 0.25) is 0 Å². The summed E-state index contributed by atoms with van der Waals surface area (Å²) >= 11 is 7.13. The van der Waals surface area contributed by atoms with E-state index in [1.165, 1.54) is 11.3 Å². The van der Waals surface area contributed by atoms with E-state index in [1.54, 1.807) is 18.3 Å². The average molecular weight is 282 g/mol. The monoisotopic (exact) mass is 281 g/mol. The first kappa shape index (κ1) is 11.7. The summed E-state index contributed by atoms with van der Waals surface area (Å²) in [6, 6.07) is 3.67. The number of hydrogen-bond donors (Lipinski definition) is 1. The Bertz CT molecular complexity index is 577. The van der Waals surface area contributed by atoms with Crippen molar-refractivity contribution in [3.63, 3.8) is 0 Å². The van der Waals surface area contributed by atoms with Gasteiger partial charge in [0.05, 0.1) is 9.21 Å². The SMILES string of the molecule is O=C(NC1CCc2nccn2C1)c1ccc(Cl)s1. The summed E-state index contributed by atoms with van der Waals surface area (Å²) < 4.78 is 2.73. The first-order chi connectivity index (χ1) is 8.72. The quantitative estimate of drug-likeness (QED) is 0.918. The van der Waals surface area contributed by atoms with Gasteiger partial charge in [-0.15, -0.1) is 11.3 Å². The zero-order chi connectivity index (χ0) is 12.5. The number of nitrogens with zero attached hydrogens (tertiary/aromatic N) is 2. The zero-order valence-corrected chi connectivity index (χ0v) is 11.2. The molecule has 1 atom stereocenters. The van der Waals surface area contributed by atoms with Gasteiger partial charge in [-0.05, 0) is 18.6 Å². The molecular formula is C12H12ClN3OS. The van der Waals surface area contributed by atoms with Crippen LogP contribution < -0.4 is 5.32 Å². The number of fused-ring (bicyclic) bond motifs is 1. The Kier molecular flexibility index (Phi) is 3.09. The number of halogens is 1. The number of amides is 1. The lowest BCUT2D eigenvalue weighted by atomic mass is 10.1. The number of imidazole rings is 1.